The predicted octanol–water partition coefficient (Wildman–Crippen LogP) is 25.4. The van der Waals surface area contributed by atoms with Crippen LogP contribution < -0.4 is 14.0 Å². The van der Waals surface area contributed by atoms with Crippen LogP contribution in [0.25, 0.3) is 72.9 Å². The van der Waals surface area contributed by atoms with Gasteiger partial charge in [-0.15, -0.1) is 34.0 Å². The van der Waals surface area contributed by atoms with E-state index in [0.717, 1.165) is 37.4 Å². The third kappa shape index (κ3) is 30.5. The summed E-state index contributed by atoms with van der Waals surface area (Å²) in [5.41, 5.74) is 18.6. The van der Waals surface area contributed by atoms with Gasteiger partial charge in [0, 0.05) is 87.6 Å². The molecule has 0 N–H and O–H groups in total. The molecule has 12 aromatic rings. The largest absolute Gasteiger partial charge is 0.619 e. The Morgan fingerprint density at radius 3 is 1.08 bits per heavy atom. The molecule has 0 fully saturated rings. The molecule has 0 bridgehead atoms. The molecule has 0 aliphatic rings. The summed E-state index contributed by atoms with van der Waals surface area (Å²) >= 11 is 5.47. The van der Waals surface area contributed by atoms with Gasteiger partial charge in [-0.1, -0.05) is 258 Å². The Balaban J connectivity index is 0.000000181. The maximum atomic E-state index is 11.5. The van der Waals surface area contributed by atoms with Crippen LogP contribution in [0.3, 0.4) is 0 Å². The van der Waals surface area contributed by atoms with Gasteiger partial charge in [-0.25, -0.2) is 4.57 Å². The minimum atomic E-state index is 0.166. The quantitative estimate of drug-likeness (QED) is 0.0897. The van der Waals surface area contributed by atoms with Crippen LogP contribution in [0, 0.1) is 10.4 Å². The minimum absolute atomic E-state index is 0.166. The van der Waals surface area contributed by atoms with E-state index >= 15 is 0 Å². The lowest BCUT2D eigenvalue weighted by atomic mass is 9.87. The first-order chi connectivity index (χ1) is 51.0. The number of pyridine rings is 6. The number of nitrogens with zero attached hydrogens (tertiary/aromatic N) is 6. The third-order valence-electron chi connectivity index (χ3n) is 16.9. The normalized spacial score (nSPS) is 12.1. The summed E-state index contributed by atoms with van der Waals surface area (Å²) in [7, 11) is 2.03. The van der Waals surface area contributed by atoms with Gasteiger partial charge in [0.2, 0.25) is 5.69 Å². The molecule has 11 heteroatoms. The number of thiophene rings is 3. The van der Waals surface area contributed by atoms with Gasteiger partial charge in [0.1, 0.15) is 7.05 Å². The highest BCUT2D eigenvalue weighted by Gasteiger charge is 2.19. The number of aryl methyl sites for hydroxylation is 1. The summed E-state index contributed by atoms with van der Waals surface area (Å²) in [5.74, 6) is 0. The second-order valence-corrected chi connectivity index (χ2v) is 35.4. The Morgan fingerprint density at radius 1 is 0.306 bits per heavy atom. The predicted molar refractivity (Wildman–Crippen MR) is 469 cm³/mol. The van der Waals surface area contributed by atoms with Crippen molar-refractivity contribution >= 4 is 107 Å². The lowest BCUT2D eigenvalue weighted by molar-refractivity contribution is -0.671. The summed E-state index contributed by atoms with van der Waals surface area (Å²) < 4.78 is 3.71. The van der Waals surface area contributed by atoms with Gasteiger partial charge in [0.05, 0.1) is 5.69 Å². The van der Waals surface area contributed by atoms with E-state index in [-0.39, 0.29) is 32.5 Å². The maximum Gasteiger partial charge on any atom is 0.216 e. The first kappa shape index (κ1) is 85.0. The summed E-state index contributed by atoms with van der Waals surface area (Å²) in [6.45, 7) is 40.1. The van der Waals surface area contributed by atoms with Crippen molar-refractivity contribution in [3.05, 3.63) is 363 Å². The Hall–Kier alpha value is -10.3. The van der Waals surface area contributed by atoms with E-state index in [1.807, 2.05) is 143 Å². The van der Waals surface area contributed by atoms with Crippen molar-refractivity contribution in [2.45, 2.75) is 157 Å². The SMILES string of the molecule is CC(C)(C)c1cc(/C=C/c2ccccn2)cs1.CC(C)(C)c1cc(/C=C/c2cccnc2)cs1.CC(C)(C)c1cc(/C=C/c2ccncc2)cs1.CC(C)(C)c1ccc(/C=C/c2ccc[n+]([O-])c2)cc1.CC(C)(C)c1ccc(/C=C/c2cccc[n+]2[O-])cc1.C[n+]1ccc(/C=C/c2ccc(C(C)(C)C)cc2)cc1. The van der Waals surface area contributed by atoms with Crippen molar-refractivity contribution in [2.24, 2.45) is 7.05 Å². The molecule has 9 heterocycles. The molecule has 0 atom stereocenters. The van der Waals surface area contributed by atoms with Gasteiger partial charge >= 0.3 is 0 Å². The Morgan fingerprint density at radius 2 is 0.694 bits per heavy atom. The fourth-order valence-electron chi connectivity index (χ4n) is 10.1. The standard InChI is InChI=1S/C18H22N.2C17H19NO.3C15H17NS/c1-18(2,3)17-9-7-15(8-10-17)5-6-16-11-13-19(4)14-12-16;1-17(2,3)16-10-8-14(9-11-16)6-7-15-5-4-12-18(19)13-15;1-17(2,3)15-10-7-14(8-11-15)9-12-16-6-4-5-13-18(16)19;1-15(2,3)14-10-13(11-17-14)5-4-12-6-8-16-9-7-12;1-15(2,3)14-9-13(11-17-14)7-6-12-5-4-8-16-10-12;1-15(2,3)14-10-12(11-17-14)7-8-13-6-4-5-9-16-13/h5-14H,1-4H3;2*4-13H,1-3H3;3*4-11H,1-3H3/q+1;;;;;/b6-5+;7-6+;12-9+;5-4+;7-6+;8-7+. The van der Waals surface area contributed by atoms with Crippen LogP contribution in [-0.4, -0.2) is 15.0 Å². The fourth-order valence-corrected chi connectivity index (χ4v) is 13.0. The van der Waals surface area contributed by atoms with Crippen LogP contribution in [0.1, 0.15) is 223 Å². The smallest absolute Gasteiger partial charge is 0.216 e. The van der Waals surface area contributed by atoms with Crippen molar-refractivity contribution in [2.75, 3.05) is 0 Å². The summed E-state index contributed by atoms with van der Waals surface area (Å²) in [4.78, 5) is 16.6. The molecule has 0 amide bonds. The third-order valence-corrected chi connectivity index (χ3v) is 21.0. The van der Waals surface area contributed by atoms with Crippen LogP contribution in [0.15, 0.2) is 254 Å². The van der Waals surface area contributed by atoms with E-state index in [1.165, 1.54) is 77.1 Å². The average molecular weight is 1490 g/mol. The first-order valence-corrected chi connectivity index (χ1v) is 39.4. The van der Waals surface area contributed by atoms with Crippen LogP contribution in [-0.2, 0) is 39.5 Å². The summed E-state index contributed by atoms with van der Waals surface area (Å²) in [6.07, 6.45) is 42.5. The first-order valence-electron chi connectivity index (χ1n) is 36.7. The van der Waals surface area contributed by atoms with Crippen LogP contribution in [0.4, 0.5) is 0 Å². The van der Waals surface area contributed by atoms with Gasteiger partial charge in [-0.3, -0.25) is 15.0 Å². The molecule has 0 aliphatic heterocycles. The molecule has 0 spiro atoms. The highest BCUT2D eigenvalue weighted by atomic mass is 32.1. The number of aromatic nitrogens is 6. The minimum Gasteiger partial charge on any atom is -0.619 e. The Kier molecular flexibility index (Phi) is 31.5. The van der Waals surface area contributed by atoms with E-state index < -0.39 is 0 Å². The van der Waals surface area contributed by atoms with E-state index in [1.54, 1.807) is 30.6 Å². The maximum absolute atomic E-state index is 11.5. The molecule has 558 valence electrons. The molecule has 0 unspecified atom stereocenters. The molecule has 0 radical (unpaired) electrons. The van der Waals surface area contributed by atoms with Crippen molar-refractivity contribution in [3.63, 3.8) is 0 Å². The molecule has 0 saturated heterocycles. The number of benzene rings is 3. The van der Waals surface area contributed by atoms with Crippen LogP contribution in [0.2, 0.25) is 0 Å². The Bertz CT molecular complexity index is 4590. The van der Waals surface area contributed by atoms with Crippen molar-refractivity contribution in [3.8, 4) is 0 Å². The molecular weight excluding hydrogens is 1380 g/mol. The molecule has 0 aliphatic carbocycles. The van der Waals surface area contributed by atoms with Gasteiger partial charge in [-0.2, -0.15) is 9.46 Å². The highest BCUT2D eigenvalue weighted by molar-refractivity contribution is 7.11. The fraction of sp³-hybridized carbons (Fsp3) is 0.258. The molecule has 12 rings (SSSR count). The monoisotopic (exact) mass is 1490 g/mol. The van der Waals surface area contributed by atoms with Crippen molar-refractivity contribution in [1.82, 2.24) is 15.0 Å². The second kappa shape index (κ2) is 40.1. The number of hydrogen-bond acceptors (Lipinski definition) is 8. The van der Waals surface area contributed by atoms with Crippen molar-refractivity contribution < 1.29 is 14.0 Å². The molecule has 3 aromatic carbocycles. The molecule has 0 saturated carbocycles. The van der Waals surface area contributed by atoms with E-state index in [9.17, 15) is 10.4 Å². The lowest BCUT2D eigenvalue weighted by Crippen LogP contribution is -2.28. The molecular formula is C97H111N6O2S3+. The van der Waals surface area contributed by atoms with Gasteiger partial charge in [0.15, 0.2) is 31.0 Å². The number of hydrogen-bond donors (Lipinski definition) is 0. The lowest BCUT2D eigenvalue weighted by Gasteiger charge is -2.18. The van der Waals surface area contributed by atoms with Gasteiger partial charge in [-0.05, 0) is 194 Å². The topological polar surface area (TPSA) is 96.4 Å². The van der Waals surface area contributed by atoms with E-state index in [0.29, 0.717) is 5.69 Å². The molecule has 9 aromatic heterocycles. The second-order valence-electron chi connectivity index (χ2n) is 32.7. The van der Waals surface area contributed by atoms with Crippen LogP contribution >= 0.6 is 34.0 Å². The van der Waals surface area contributed by atoms with E-state index in [2.05, 4.69) is 326 Å². The van der Waals surface area contributed by atoms with Gasteiger partial charge in [0.25, 0.3) is 0 Å². The van der Waals surface area contributed by atoms with E-state index in [4.69, 9.17) is 0 Å². The molecule has 8 nitrogen and oxygen atoms in total. The van der Waals surface area contributed by atoms with Crippen molar-refractivity contribution in [1.29, 1.82) is 0 Å². The average Bonchev–Trinajstić information content (AvgIpc) is 1.80. The molecule has 108 heavy (non-hydrogen) atoms. The summed E-state index contributed by atoms with van der Waals surface area (Å²) in [5, 5.41) is 29.2. The number of rotatable bonds is 12. The van der Waals surface area contributed by atoms with Crippen LogP contribution in [0.5, 0.6) is 0 Å². The zero-order valence-electron chi connectivity index (χ0n) is 66.9. The van der Waals surface area contributed by atoms with Gasteiger partial charge < -0.3 is 10.4 Å². The highest BCUT2D eigenvalue weighted by Crippen LogP contribution is 2.33. The Labute approximate surface area is 658 Å². The zero-order valence-corrected chi connectivity index (χ0v) is 69.4. The summed E-state index contributed by atoms with van der Waals surface area (Å²) in [6, 6.07) is 59.7. The zero-order chi connectivity index (χ0) is 78.6.